The zero-order valence-electron chi connectivity index (χ0n) is 15.0. The van der Waals surface area contributed by atoms with E-state index in [2.05, 4.69) is 39.5 Å². The molecule has 2 aromatic rings. The molecule has 5 heteroatoms. The predicted octanol–water partition coefficient (Wildman–Crippen LogP) is 2.68. The summed E-state index contributed by atoms with van der Waals surface area (Å²) in [5.41, 5.74) is 2.12. The molecule has 1 aromatic carbocycles. The molecule has 1 aliphatic rings. The molecule has 1 fully saturated rings. The Morgan fingerprint density at radius 3 is 2.83 bits per heavy atom. The van der Waals surface area contributed by atoms with Crippen molar-refractivity contribution in [2.24, 2.45) is 0 Å². The highest BCUT2D eigenvalue weighted by atomic mass is 16.2. The lowest BCUT2D eigenvalue weighted by atomic mass is 10.1. The van der Waals surface area contributed by atoms with Crippen LogP contribution in [0.3, 0.4) is 0 Å². The van der Waals surface area contributed by atoms with Gasteiger partial charge in [0.1, 0.15) is 5.82 Å². The molecular formula is C19H28N4O. The van der Waals surface area contributed by atoms with Gasteiger partial charge in [-0.3, -0.25) is 4.79 Å². The van der Waals surface area contributed by atoms with Crippen molar-refractivity contribution in [3.8, 4) is 0 Å². The fraction of sp³-hybridized carbons (Fsp3) is 0.579. The van der Waals surface area contributed by atoms with Crippen molar-refractivity contribution in [1.29, 1.82) is 0 Å². The summed E-state index contributed by atoms with van der Waals surface area (Å²) in [6.45, 7) is 4.50. The number of likely N-dealkylation sites (tertiary alicyclic amines) is 1. The van der Waals surface area contributed by atoms with Crippen molar-refractivity contribution in [3.63, 3.8) is 0 Å². The van der Waals surface area contributed by atoms with Gasteiger partial charge in [-0.25, -0.2) is 4.98 Å². The number of hydrogen-bond donors (Lipinski definition) is 0. The lowest BCUT2D eigenvalue weighted by Crippen LogP contribution is -2.34. The number of carbonyl (C=O) groups excluding carboxylic acids is 1. The molecule has 2 heterocycles. The second-order valence-corrected chi connectivity index (χ2v) is 6.98. The maximum Gasteiger partial charge on any atom is 0.224 e. The van der Waals surface area contributed by atoms with E-state index >= 15 is 0 Å². The van der Waals surface area contributed by atoms with Crippen molar-refractivity contribution >= 4 is 16.9 Å². The maximum absolute atomic E-state index is 12.6. The molecule has 0 aliphatic carbocycles. The van der Waals surface area contributed by atoms with Gasteiger partial charge in [0.2, 0.25) is 5.91 Å². The number of hydrogen-bond acceptors (Lipinski definition) is 3. The van der Waals surface area contributed by atoms with E-state index in [1.165, 1.54) is 6.42 Å². The standard InChI is InChI=1S/C19H28N4O/c1-15-20-17-8-4-5-9-18(17)23(15)14-11-19(24)22-12-6-7-16(10-13-22)21(2)3/h4-5,8-9,16H,6-7,10-14H2,1-3H3. The minimum atomic E-state index is 0.270. The molecular weight excluding hydrogens is 300 g/mol. The van der Waals surface area contributed by atoms with E-state index in [0.717, 1.165) is 42.8 Å². The third kappa shape index (κ3) is 3.61. The van der Waals surface area contributed by atoms with Gasteiger partial charge in [0.25, 0.3) is 0 Å². The summed E-state index contributed by atoms with van der Waals surface area (Å²) in [4.78, 5) is 21.6. The highest BCUT2D eigenvalue weighted by molar-refractivity contribution is 5.78. The van der Waals surface area contributed by atoms with Crippen molar-refractivity contribution in [3.05, 3.63) is 30.1 Å². The second-order valence-electron chi connectivity index (χ2n) is 6.98. The molecule has 0 bridgehead atoms. The van der Waals surface area contributed by atoms with Gasteiger partial charge in [-0.1, -0.05) is 12.1 Å². The van der Waals surface area contributed by atoms with Crippen LogP contribution in [0.15, 0.2) is 24.3 Å². The van der Waals surface area contributed by atoms with E-state index in [1.54, 1.807) is 0 Å². The number of fused-ring (bicyclic) bond motifs is 1. The van der Waals surface area contributed by atoms with Gasteiger partial charge in [-0.15, -0.1) is 0 Å². The van der Waals surface area contributed by atoms with Crippen molar-refractivity contribution in [1.82, 2.24) is 19.4 Å². The van der Waals surface area contributed by atoms with E-state index < -0.39 is 0 Å². The molecule has 1 aromatic heterocycles. The van der Waals surface area contributed by atoms with Crippen LogP contribution in [-0.4, -0.2) is 58.5 Å². The molecule has 0 N–H and O–H groups in total. The van der Waals surface area contributed by atoms with Gasteiger partial charge in [-0.2, -0.15) is 0 Å². The number of amides is 1. The Kier molecular flexibility index (Phi) is 5.19. The molecule has 130 valence electrons. The van der Waals surface area contributed by atoms with Gasteiger partial charge >= 0.3 is 0 Å². The van der Waals surface area contributed by atoms with Crippen LogP contribution in [0, 0.1) is 6.92 Å². The lowest BCUT2D eigenvalue weighted by Gasteiger charge is -2.23. The Labute approximate surface area is 144 Å². The van der Waals surface area contributed by atoms with Crippen molar-refractivity contribution in [2.75, 3.05) is 27.2 Å². The van der Waals surface area contributed by atoms with Crippen molar-refractivity contribution < 1.29 is 4.79 Å². The molecule has 1 atom stereocenters. The molecule has 0 radical (unpaired) electrons. The number of nitrogens with zero attached hydrogens (tertiary/aromatic N) is 4. The average molecular weight is 328 g/mol. The monoisotopic (exact) mass is 328 g/mol. The Balaban J connectivity index is 1.62. The topological polar surface area (TPSA) is 41.4 Å². The fourth-order valence-electron chi connectivity index (χ4n) is 3.69. The van der Waals surface area contributed by atoms with Crippen LogP contribution in [0.2, 0.25) is 0 Å². The summed E-state index contributed by atoms with van der Waals surface area (Å²) < 4.78 is 2.16. The normalized spacial score (nSPS) is 19.0. The first-order chi connectivity index (χ1) is 11.6. The Bertz CT molecular complexity index is 706. The molecule has 1 saturated heterocycles. The van der Waals surface area contributed by atoms with Crippen molar-refractivity contribution in [2.45, 2.75) is 45.2 Å². The first kappa shape index (κ1) is 17.0. The number of aryl methyl sites for hydroxylation is 2. The summed E-state index contributed by atoms with van der Waals surface area (Å²) in [7, 11) is 4.27. The quantitative estimate of drug-likeness (QED) is 0.866. The number of imidazole rings is 1. The SMILES string of the molecule is Cc1nc2ccccc2n1CCC(=O)N1CCCC(N(C)C)CC1. The zero-order chi connectivity index (χ0) is 17.1. The van der Waals surface area contributed by atoms with Crippen LogP contribution >= 0.6 is 0 Å². The Hall–Kier alpha value is -1.88. The molecule has 1 unspecified atom stereocenters. The van der Waals surface area contributed by atoms with Crippen LogP contribution in [0.5, 0.6) is 0 Å². The van der Waals surface area contributed by atoms with Crippen LogP contribution in [0.1, 0.15) is 31.5 Å². The smallest absolute Gasteiger partial charge is 0.224 e. The molecule has 1 aliphatic heterocycles. The predicted molar refractivity (Wildman–Crippen MR) is 97.0 cm³/mol. The molecule has 0 spiro atoms. The van der Waals surface area contributed by atoms with E-state index in [4.69, 9.17) is 0 Å². The summed E-state index contributed by atoms with van der Waals surface area (Å²) in [5, 5.41) is 0. The first-order valence-corrected chi connectivity index (χ1v) is 8.92. The fourth-order valence-corrected chi connectivity index (χ4v) is 3.69. The summed E-state index contributed by atoms with van der Waals surface area (Å²) in [6.07, 6.45) is 3.91. The third-order valence-corrected chi connectivity index (χ3v) is 5.18. The minimum absolute atomic E-state index is 0.270. The van der Waals surface area contributed by atoms with Gasteiger partial charge < -0.3 is 14.4 Å². The Morgan fingerprint density at radius 2 is 2.04 bits per heavy atom. The zero-order valence-corrected chi connectivity index (χ0v) is 15.0. The van der Waals surface area contributed by atoms with Crippen LogP contribution in [0.4, 0.5) is 0 Å². The van der Waals surface area contributed by atoms with Crippen LogP contribution in [0.25, 0.3) is 11.0 Å². The molecule has 0 saturated carbocycles. The average Bonchev–Trinajstić information content (AvgIpc) is 2.74. The summed E-state index contributed by atoms with van der Waals surface area (Å²) in [5.74, 6) is 1.25. The molecule has 3 rings (SSSR count). The summed E-state index contributed by atoms with van der Waals surface area (Å²) in [6, 6.07) is 8.73. The van der Waals surface area contributed by atoms with Gasteiger partial charge in [0.05, 0.1) is 11.0 Å². The van der Waals surface area contributed by atoms with E-state index in [0.29, 0.717) is 19.0 Å². The number of benzene rings is 1. The maximum atomic E-state index is 12.6. The Morgan fingerprint density at radius 1 is 1.25 bits per heavy atom. The first-order valence-electron chi connectivity index (χ1n) is 8.92. The third-order valence-electron chi connectivity index (χ3n) is 5.18. The van der Waals surface area contributed by atoms with E-state index in [-0.39, 0.29) is 5.91 Å². The van der Waals surface area contributed by atoms with Gasteiger partial charge in [-0.05, 0) is 52.4 Å². The number of para-hydroxylation sites is 2. The highest BCUT2D eigenvalue weighted by Gasteiger charge is 2.21. The second kappa shape index (κ2) is 7.34. The highest BCUT2D eigenvalue weighted by Crippen LogP contribution is 2.18. The molecule has 1 amide bonds. The minimum Gasteiger partial charge on any atom is -0.343 e. The summed E-state index contributed by atoms with van der Waals surface area (Å²) >= 11 is 0. The lowest BCUT2D eigenvalue weighted by molar-refractivity contribution is -0.131. The van der Waals surface area contributed by atoms with Crippen LogP contribution < -0.4 is 0 Å². The number of rotatable bonds is 4. The van der Waals surface area contributed by atoms with E-state index in [1.807, 2.05) is 25.1 Å². The van der Waals surface area contributed by atoms with E-state index in [9.17, 15) is 4.79 Å². The van der Waals surface area contributed by atoms with Gasteiger partial charge in [0.15, 0.2) is 0 Å². The molecule has 24 heavy (non-hydrogen) atoms. The molecule has 5 nitrogen and oxygen atoms in total. The van der Waals surface area contributed by atoms with Gasteiger partial charge in [0, 0.05) is 32.1 Å². The van der Waals surface area contributed by atoms with Crippen LogP contribution in [-0.2, 0) is 11.3 Å². The largest absolute Gasteiger partial charge is 0.343 e. The number of aromatic nitrogens is 2. The number of carbonyl (C=O) groups is 1.